The Bertz CT molecular complexity index is 1480. The minimum atomic E-state index is -2.74. The van der Waals surface area contributed by atoms with Gasteiger partial charge in [0.15, 0.2) is 11.6 Å². The van der Waals surface area contributed by atoms with E-state index in [1.165, 1.54) is 0 Å². The second-order valence-electron chi connectivity index (χ2n) is 10.4. The summed E-state index contributed by atoms with van der Waals surface area (Å²) in [6.45, 7) is -0.259. The van der Waals surface area contributed by atoms with Gasteiger partial charge in [-0.2, -0.15) is 0 Å². The second kappa shape index (κ2) is 10.3. The fourth-order valence-electron chi connectivity index (χ4n) is 5.99. The minimum absolute atomic E-state index is 0.129. The molecule has 0 amide bonds. The molecule has 8 heteroatoms. The number of hydrogen-bond donors (Lipinski definition) is 3. The molecular formula is C33H28N2O6. The highest BCUT2D eigenvalue weighted by Crippen LogP contribution is 2.46. The Balaban J connectivity index is 1.22. The van der Waals surface area contributed by atoms with Gasteiger partial charge >= 0.3 is 17.9 Å². The van der Waals surface area contributed by atoms with E-state index in [0.29, 0.717) is 0 Å². The Morgan fingerprint density at radius 3 is 1.20 bits per heavy atom. The SMILES string of the molecule is NC(N)(C(=O)O)C(C(=O)OCC1c2ccccc2-c2ccccc21)C(=O)OCC1c2ccccc2-c2ccccc21. The first-order chi connectivity index (χ1) is 19.8. The monoisotopic (exact) mass is 548 g/mol. The van der Waals surface area contributed by atoms with Gasteiger partial charge in [0.25, 0.3) is 0 Å². The maximum Gasteiger partial charge on any atom is 0.340 e. The predicted molar refractivity (Wildman–Crippen MR) is 152 cm³/mol. The Hall–Kier alpha value is -4.79. The van der Waals surface area contributed by atoms with Gasteiger partial charge in [0, 0.05) is 11.8 Å². The summed E-state index contributed by atoms with van der Waals surface area (Å²) in [4.78, 5) is 38.7. The molecule has 2 aliphatic carbocycles. The summed E-state index contributed by atoms with van der Waals surface area (Å²) in [5.74, 6) is -6.73. The normalized spacial score (nSPS) is 13.7. The van der Waals surface area contributed by atoms with Crippen molar-refractivity contribution in [1.82, 2.24) is 0 Å². The molecule has 0 atom stereocenters. The van der Waals surface area contributed by atoms with E-state index in [0.717, 1.165) is 44.5 Å². The average molecular weight is 549 g/mol. The number of carbonyl (C=O) groups excluding carboxylic acids is 2. The maximum atomic E-state index is 13.4. The van der Waals surface area contributed by atoms with Crippen LogP contribution in [0.4, 0.5) is 0 Å². The quantitative estimate of drug-likeness (QED) is 0.170. The Morgan fingerprint density at radius 1 is 0.610 bits per heavy atom. The molecule has 0 saturated carbocycles. The lowest BCUT2D eigenvalue weighted by atomic mass is 9.93. The van der Waals surface area contributed by atoms with Gasteiger partial charge in [0.2, 0.25) is 0 Å². The number of rotatable bonds is 8. The molecular weight excluding hydrogens is 520 g/mol. The van der Waals surface area contributed by atoms with Crippen molar-refractivity contribution in [2.75, 3.05) is 13.2 Å². The van der Waals surface area contributed by atoms with Crippen LogP contribution in [0, 0.1) is 5.92 Å². The fraction of sp³-hybridized carbons (Fsp3) is 0.182. The van der Waals surface area contributed by atoms with Crippen LogP contribution in [0.1, 0.15) is 34.1 Å². The average Bonchev–Trinajstić information content (AvgIpc) is 3.47. The van der Waals surface area contributed by atoms with E-state index >= 15 is 0 Å². The van der Waals surface area contributed by atoms with Crippen LogP contribution in [-0.4, -0.2) is 41.9 Å². The van der Waals surface area contributed by atoms with Gasteiger partial charge in [0.05, 0.1) is 0 Å². The summed E-state index contributed by atoms with van der Waals surface area (Å²) in [6, 6.07) is 31.1. The minimum Gasteiger partial charge on any atom is -0.479 e. The van der Waals surface area contributed by atoms with Crippen molar-refractivity contribution in [3.63, 3.8) is 0 Å². The number of ether oxygens (including phenoxy) is 2. The number of carboxylic acids is 1. The van der Waals surface area contributed by atoms with Crippen LogP contribution >= 0.6 is 0 Å². The molecule has 0 bridgehead atoms. The van der Waals surface area contributed by atoms with Crippen molar-refractivity contribution in [1.29, 1.82) is 0 Å². The molecule has 0 radical (unpaired) electrons. The molecule has 8 nitrogen and oxygen atoms in total. The summed E-state index contributed by atoms with van der Waals surface area (Å²) >= 11 is 0. The number of fused-ring (bicyclic) bond motifs is 6. The van der Waals surface area contributed by atoms with Gasteiger partial charge in [-0.3, -0.25) is 9.59 Å². The highest BCUT2D eigenvalue weighted by atomic mass is 16.6. The Kier molecular flexibility index (Phi) is 6.65. The fourth-order valence-corrected chi connectivity index (χ4v) is 5.99. The molecule has 6 rings (SSSR count). The molecule has 4 aromatic carbocycles. The van der Waals surface area contributed by atoms with Gasteiger partial charge in [-0.1, -0.05) is 97.1 Å². The predicted octanol–water partition coefficient (Wildman–Crippen LogP) is 4.01. The van der Waals surface area contributed by atoms with Crippen LogP contribution in [0.25, 0.3) is 22.3 Å². The molecule has 0 aromatic heterocycles. The maximum absolute atomic E-state index is 13.4. The van der Waals surface area contributed by atoms with Crippen LogP contribution in [0.2, 0.25) is 0 Å². The van der Waals surface area contributed by atoms with E-state index in [1.807, 2.05) is 97.1 Å². The number of hydrogen-bond acceptors (Lipinski definition) is 7. The third-order valence-corrected chi connectivity index (χ3v) is 8.03. The lowest BCUT2D eigenvalue weighted by Crippen LogP contribution is -2.66. The number of carboxylic acid groups (broad SMARTS) is 1. The van der Waals surface area contributed by atoms with E-state index in [-0.39, 0.29) is 25.0 Å². The number of benzene rings is 4. The van der Waals surface area contributed by atoms with Crippen LogP contribution < -0.4 is 11.5 Å². The molecule has 0 heterocycles. The van der Waals surface area contributed by atoms with Crippen LogP contribution in [0.5, 0.6) is 0 Å². The summed E-state index contributed by atoms with van der Waals surface area (Å²) in [5.41, 5.74) is 16.9. The number of esters is 2. The zero-order valence-electron chi connectivity index (χ0n) is 22.0. The van der Waals surface area contributed by atoms with E-state index < -0.39 is 29.5 Å². The molecule has 0 spiro atoms. The summed E-state index contributed by atoms with van der Waals surface area (Å²) in [7, 11) is 0. The Labute approximate surface area is 236 Å². The summed E-state index contributed by atoms with van der Waals surface area (Å²) in [6.07, 6.45) is 0. The zero-order valence-corrected chi connectivity index (χ0v) is 22.0. The van der Waals surface area contributed by atoms with Crippen molar-refractivity contribution < 1.29 is 29.0 Å². The topological polar surface area (TPSA) is 142 Å². The first-order valence-corrected chi connectivity index (χ1v) is 13.3. The molecule has 5 N–H and O–H groups in total. The van der Waals surface area contributed by atoms with Crippen molar-refractivity contribution in [3.8, 4) is 22.3 Å². The van der Waals surface area contributed by atoms with Gasteiger partial charge in [-0.25, -0.2) is 4.79 Å². The van der Waals surface area contributed by atoms with E-state index in [1.54, 1.807) is 0 Å². The molecule has 41 heavy (non-hydrogen) atoms. The highest BCUT2D eigenvalue weighted by Gasteiger charge is 2.51. The molecule has 0 saturated heterocycles. The molecule has 0 aliphatic heterocycles. The lowest BCUT2D eigenvalue weighted by Gasteiger charge is -2.27. The summed E-state index contributed by atoms with van der Waals surface area (Å²) in [5, 5.41) is 9.72. The van der Waals surface area contributed by atoms with Crippen molar-refractivity contribution in [2.45, 2.75) is 17.5 Å². The highest BCUT2D eigenvalue weighted by molar-refractivity contribution is 6.02. The van der Waals surface area contributed by atoms with Crippen LogP contribution in [0.3, 0.4) is 0 Å². The van der Waals surface area contributed by atoms with Crippen molar-refractivity contribution >= 4 is 17.9 Å². The van der Waals surface area contributed by atoms with Gasteiger partial charge < -0.3 is 26.0 Å². The second-order valence-corrected chi connectivity index (χ2v) is 10.4. The molecule has 2 aliphatic rings. The van der Waals surface area contributed by atoms with Gasteiger partial charge in [0.1, 0.15) is 13.2 Å². The Morgan fingerprint density at radius 2 is 0.902 bits per heavy atom. The first-order valence-electron chi connectivity index (χ1n) is 13.3. The largest absolute Gasteiger partial charge is 0.479 e. The van der Waals surface area contributed by atoms with Gasteiger partial charge in [-0.05, 0) is 44.5 Å². The summed E-state index contributed by atoms with van der Waals surface area (Å²) < 4.78 is 11.2. The van der Waals surface area contributed by atoms with E-state index in [4.69, 9.17) is 20.9 Å². The molecule has 0 unspecified atom stereocenters. The van der Waals surface area contributed by atoms with Crippen molar-refractivity contribution in [2.24, 2.45) is 17.4 Å². The molecule has 0 fully saturated rings. The van der Waals surface area contributed by atoms with E-state index in [9.17, 15) is 19.5 Å². The van der Waals surface area contributed by atoms with Crippen LogP contribution in [-0.2, 0) is 23.9 Å². The number of aliphatic carboxylic acids is 1. The van der Waals surface area contributed by atoms with Gasteiger partial charge in [-0.15, -0.1) is 0 Å². The smallest absolute Gasteiger partial charge is 0.340 e. The van der Waals surface area contributed by atoms with Crippen molar-refractivity contribution in [3.05, 3.63) is 119 Å². The lowest BCUT2D eigenvalue weighted by molar-refractivity contribution is -0.171. The van der Waals surface area contributed by atoms with E-state index in [2.05, 4.69) is 0 Å². The zero-order chi connectivity index (χ0) is 28.7. The third-order valence-electron chi connectivity index (χ3n) is 8.03. The standard InChI is InChI=1S/C33H28N2O6/c34-33(35,32(38)39)29(30(36)40-17-27-23-13-5-1-9-19(23)20-10-2-6-14-24(20)27)31(37)41-18-28-25-15-7-3-11-21(25)22-12-4-8-16-26(22)28/h1-16,27-29H,17-18,34-35H2,(H,38,39). The molecule has 206 valence electrons. The number of nitrogens with two attached hydrogens (primary N) is 2. The first kappa shape index (κ1) is 26.4. The third kappa shape index (κ3) is 4.47. The molecule has 4 aromatic rings. The number of carbonyl (C=O) groups is 3. The van der Waals surface area contributed by atoms with Crippen LogP contribution in [0.15, 0.2) is 97.1 Å².